The van der Waals surface area contributed by atoms with Gasteiger partial charge in [-0.2, -0.15) is 0 Å². The average Bonchev–Trinajstić information content (AvgIpc) is 2.84. The van der Waals surface area contributed by atoms with Gasteiger partial charge in [0, 0.05) is 18.0 Å². The summed E-state index contributed by atoms with van der Waals surface area (Å²) >= 11 is 1.60. The third-order valence-electron chi connectivity index (χ3n) is 3.06. The van der Waals surface area contributed by atoms with Gasteiger partial charge in [0.05, 0.1) is 4.88 Å². The molecule has 0 aliphatic carbocycles. The van der Waals surface area contributed by atoms with Crippen molar-refractivity contribution >= 4 is 17.2 Å². The lowest BCUT2D eigenvalue weighted by atomic mass is 9.93. The van der Waals surface area contributed by atoms with Gasteiger partial charge in [-0.3, -0.25) is 4.79 Å². The average molecular weight is 268 g/mol. The van der Waals surface area contributed by atoms with Gasteiger partial charge in [-0.25, -0.2) is 0 Å². The fourth-order valence-electron chi connectivity index (χ4n) is 1.75. The molecule has 0 unspecified atom stereocenters. The molecule has 0 fully saturated rings. The summed E-state index contributed by atoms with van der Waals surface area (Å²) in [5.41, 5.74) is 5.71. The summed E-state index contributed by atoms with van der Waals surface area (Å²) in [4.78, 5) is 16.4. The Balaban J connectivity index is 2.79. The Morgan fingerprint density at radius 2 is 2.06 bits per heavy atom. The number of thiophene rings is 1. The quantitative estimate of drug-likeness (QED) is 0.862. The summed E-state index contributed by atoms with van der Waals surface area (Å²) in [5.74, 6) is 0.128. The van der Waals surface area contributed by atoms with Crippen LogP contribution in [0.5, 0.6) is 0 Å². The molecule has 1 amide bonds. The Morgan fingerprint density at radius 3 is 2.50 bits per heavy atom. The molecule has 0 spiro atoms. The van der Waals surface area contributed by atoms with E-state index in [9.17, 15) is 4.79 Å². The summed E-state index contributed by atoms with van der Waals surface area (Å²) < 4.78 is 0. The van der Waals surface area contributed by atoms with Gasteiger partial charge in [0.2, 0.25) is 0 Å². The van der Waals surface area contributed by atoms with Crippen LogP contribution in [0.1, 0.15) is 42.2 Å². The predicted octanol–water partition coefficient (Wildman–Crippen LogP) is 2.76. The van der Waals surface area contributed by atoms with Gasteiger partial charge < -0.3 is 10.6 Å². The molecule has 0 aromatic carbocycles. The van der Waals surface area contributed by atoms with Crippen LogP contribution in [0.2, 0.25) is 0 Å². The molecule has 0 saturated carbocycles. The van der Waals surface area contributed by atoms with E-state index in [2.05, 4.69) is 20.8 Å². The minimum atomic E-state index is -0.0312. The Kier molecular flexibility index (Phi) is 5.35. The van der Waals surface area contributed by atoms with E-state index in [1.165, 1.54) is 4.88 Å². The standard InChI is InChI=1S/C14H24N2OS/c1-5-11-7-8-12(18-11)13(17)16(6-2)10-14(3,4)9-15/h7-8H,5-6,9-10,15H2,1-4H3. The van der Waals surface area contributed by atoms with Crippen LogP contribution in [0.4, 0.5) is 0 Å². The van der Waals surface area contributed by atoms with E-state index in [0.717, 1.165) is 17.8 Å². The lowest BCUT2D eigenvalue weighted by Gasteiger charge is -2.30. The van der Waals surface area contributed by atoms with Crippen molar-refractivity contribution in [2.75, 3.05) is 19.6 Å². The topological polar surface area (TPSA) is 46.3 Å². The smallest absolute Gasteiger partial charge is 0.263 e. The molecule has 3 nitrogen and oxygen atoms in total. The zero-order chi connectivity index (χ0) is 13.8. The maximum Gasteiger partial charge on any atom is 0.263 e. The summed E-state index contributed by atoms with van der Waals surface area (Å²) in [5, 5.41) is 0. The van der Waals surface area contributed by atoms with Crippen LogP contribution in [0.3, 0.4) is 0 Å². The number of amides is 1. The fraction of sp³-hybridized carbons (Fsp3) is 0.643. The summed E-state index contributed by atoms with van der Waals surface area (Å²) in [7, 11) is 0. The third kappa shape index (κ3) is 3.82. The van der Waals surface area contributed by atoms with Crippen LogP contribution in [0.25, 0.3) is 0 Å². The molecule has 102 valence electrons. The minimum Gasteiger partial charge on any atom is -0.338 e. The van der Waals surface area contributed by atoms with Gasteiger partial charge in [-0.1, -0.05) is 20.8 Å². The van der Waals surface area contributed by atoms with E-state index in [0.29, 0.717) is 13.1 Å². The first-order chi connectivity index (χ1) is 8.43. The van der Waals surface area contributed by atoms with E-state index in [1.807, 2.05) is 24.0 Å². The molecule has 0 aliphatic rings. The molecule has 1 aromatic heterocycles. The molecule has 1 rings (SSSR count). The van der Waals surface area contributed by atoms with Crippen LogP contribution < -0.4 is 5.73 Å². The number of carbonyl (C=O) groups excluding carboxylic acids is 1. The number of nitrogens with two attached hydrogens (primary N) is 1. The number of carbonyl (C=O) groups is 1. The van der Waals surface area contributed by atoms with Crippen LogP contribution >= 0.6 is 11.3 Å². The SMILES string of the molecule is CCc1ccc(C(=O)N(CC)CC(C)(C)CN)s1. The van der Waals surface area contributed by atoms with Gasteiger partial charge in [0.25, 0.3) is 5.91 Å². The zero-order valence-corrected chi connectivity index (χ0v) is 12.6. The first kappa shape index (κ1) is 15.2. The van der Waals surface area contributed by atoms with Crippen molar-refractivity contribution in [2.45, 2.75) is 34.1 Å². The molecule has 0 bridgehead atoms. The van der Waals surface area contributed by atoms with E-state index in [4.69, 9.17) is 5.73 Å². The van der Waals surface area contributed by atoms with Crippen molar-refractivity contribution in [3.8, 4) is 0 Å². The predicted molar refractivity (Wildman–Crippen MR) is 78.1 cm³/mol. The normalized spacial score (nSPS) is 11.6. The molecule has 2 N–H and O–H groups in total. The second-order valence-electron chi connectivity index (χ2n) is 5.31. The van der Waals surface area contributed by atoms with Gasteiger partial charge in [0.15, 0.2) is 0 Å². The highest BCUT2D eigenvalue weighted by molar-refractivity contribution is 7.14. The van der Waals surface area contributed by atoms with Crippen molar-refractivity contribution in [2.24, 2.45) is 11.1 Å². The first-order valence-electron chi connectivity index (χ1n) is 6.51. The van der Waals surface area contributed by atoms with Crippen LogP contribution in [0.15, 0.2) is 12.1 Å². The van der Waals surface area contributed by atoms with Crippen LogP contribution in [-0.4, -0.2) is 30.4 Å². The van der Waals surface area contributed by atoms with Gasteiger partial charge >= 0.3 is 0 Å². The monoisotopic (exact) mass is 268 g/mol. The van der Waals surface area contributed by atoms with Crippen molar-refractivity contribution in [3.63, 3.8) is 0 Å². The molecule has 0 radical (unpaired) electrons. The van der Waals surface area contributed by atoms with Gasteiger partial charge in [-0.05, 0) is 37.4 Å². The number of hydrogen-bond acceptors (Lipinski definition) is 3. The molecule has 0 saturated heterocycles. The Labute approximate surface area is 114 Å². The van der Waals surface area contributed by atoms with E-state index in [1.54, 1.807) is 11.3 Å². The number of hydrogen-bond donors (Lipinski definition) is 1. The Hall–Kier alpha value is -0.870. The van der Waals surface area contributed by atoms with Gasteiger partial charge in [0.1, 0.15) is 0 Å². The Bertz CT molecular complexity index is 398. The molecule has 1 aromatic rings. The molecule has 4 heteroatoms. The summed E-state index contributed by atoms with van der Waals surface area (Å²) in [6.45, 7) is 10.3. The first-order valence-corrected chi connectivity index (χ1v) is 7.33. The van der Waals surface area contributed by atoms with Crippen molar-refractivity contribution in [1.29, 1.82) is 0 Å². The largest absolute Gasteiger partial charge is 0.338 e. The van der Waals surface area contributed by atoms with E-state index < -0.39 is 0 Å². The zero-order valence-electron chi connectivity index (χ0n) is 11.8. The molecule has 18 heavy (non-hydrogen) atoms. The second kappa shape index (κ2) is 6.34. The maximum atomic E-state index is 12.4. The highest BCUT2D eigenvalue weighted by Crippen LogP contribution is 2.21. The van der Waals surface area contributed by atoms with E-state index in [-0.39, 0.29) is 11.3 Å². The molecular weight excluding hydrogens is 244 g/mol. The fourth-order valence-corrected chi connectivity index (χ4v) is 2.66. The van der Waals surface area contributed by atoms with E-state index >= 15 is 0 Å². The van der Waals surface area contributed by atoms with Gasteiger partial charge in [-0.15, -0.1) is 11.3 Å². The number of aryl methyl sites for hydroxylation is 1. The van der Waals surface area contributed by atoms with Crippen molar-refractivity contribution < 1.29 is 4.79 Å². The lowest BCUT2D eigenvalue weighted by molar-refractivity contribution is 0.0705. The Morgan fingerprint density at radius 1 is 1.39 bits per heavy atom. The number of rotatable bonds is 6. The number of nitrogens with zero attached hydrogens (tertiary/aromatic N) is 1. The van der Waals surface area contributed by atoms with Crippen LogP contribution in [0, 0.1) is 5.41 Å². The molecule has 0 aliphatic heterocycles. The van der Waals surface area contributed by atoms with Crippen LogP contribution in [-0.2, 0) is 6.42 Å². The third-order valence-corrected chi connectivity index (χ3v) is 4.28. The highest BCUT2D eigenvalue weighted by Gasteiger charge is 2.24. The molecule has 1 heterocycles. The van der Waals surface area contributed by atoms with Crippen molar-refractivity contribution in [3.05, 3.63) is 21.9 Å². The lowest BCUT2D eigenvalue weighted by Crippen LogP contribution is -2.41. The molecular formula is C14H24N2OS. The minimum absolute atomic E-state index is 0.0312. The second-order valence-corrected chi connectivity index (χ2v) is 6.48. The van der Waals surface area contributed by atoms with Crippen molar-refractivity contribution in [1.82, 2.24) is 4.90 Å². The summed E-state index contributed by atoms with van der Waals surface area (Å²) in [6, 6.07) is 3.98. The highest BCUT2D eigenvalue weighted by atomic mass is 32.1. The maximum absolute atomic E-state index is 12.4. The molecule has 0 atom stereocenters. The summed E-state index contributed by atoms with van der Waals surface area (Å²) in [6.07, 6.45) is 0.984.